The Hall–Kier alpha value is -1.27. The third-order valence-corrected chi connectivity index (χ3v) is 3.72. The smallest absolute Gasteiger partial charge is 0.165 e. The summed E-state index contributed by atoms with van der Waals surface area (Å²) in [6.45, 7) is 0.344. The fourth-order valence-corrected chi connectivity index (χ4v) is 2.46. The zero-order valence-corrected chi connectivity index (χ0v) is 11.2. The first-order chi connectivity index (χ1) is 8.70. The Morgan fingerprint density at radius 1 is 1.39 bits per heavy atom. The average Bonchev–Trinajstić information content (AvgIpc) is 3.12. The van der Waals surface area contributed by atoms with Crippen molar-refractivity contribution in [2.24, 2.45) is 5.73 Å². The third-order valence-electron chi connectivity index (χ3n) is 3.03. The molecule has 0 unspecified atom stereocenters. The summed E-state index contributed by atoms with van der Waals surface area (Å²) in [6.07, 6.45) is 2.20. The second-order valence-corrected chi connectivity index (χ2v) is 5.22. The van der Waals surface area contributed by atoms with Crippen LogP contribution >= 0.6 is 15.9 Å². The quantitative estimate of drug-likeness (QED) is 0.948. The molecule has 0 amide bonds. The van der Waals surface area contributed by atoms with Gasteiger partial charge >= 0.3 is 0 Å². The van der Waals surface area contributed by atoms with Crippen LogP contribution in [0, 0.1) is 5.82 Å². The van der Waals surface area contributed by atoms with Crippen molar-refractivity contribution in [2.45, 2.75) is 25.4 Å². The monoisotopic (exact) mass is 310 g/mol. The average molecular weight is 311 g/mol. The molecule has 94 valence electrons. The molecule has 1 aromatic heterocycles. The van der Waals surface area contributed by atoms with Crippen LogP contribution < -0.4 is 5.73 Å². The molecule has 0 spiro atoms. The lowest BCUT2D eigenvalue weighted by Gasteiger charge is -2.09. The molecule has 18 heavy (non-hydrogen) atoms. The van der Waals surface area contributed by atoms with E-state index in [9.17, 15) is 4.39 Å². The lowest BCUT2D eigenvalue weighted by atomic mass is 10.2. The fourth-order valence-electron chi connectivity index (χ4n) is 2.03. The van der Waals surface area contributed by atoms with Gasteiger partial charge in [-0.15, -0.1) is 10.2 Å². The van der Waals surface area contributed by atoms with Crippen LogP contribution in [0.3, 0.4) is 0 Å². The maximum Gasteiger partial charge on any atom is 0.165 e. The topological polar surface area (TPSA) is 56.7 Å². The number of nitrogens with two attached hydrogens (primary N) is 1. The Kier molecular flexibility index (Phi) is 2.91. The predicted molar refractivity (Wildman–Crippen MR) is 69.3 cm³/mol. The summed E-state index contributed by atoms with van der Waals surface area (Å²) in [6, 6.07) is 4.96. The van der Waals surface area contributed by atoms with E-state index >= 15 is 0 Å². The van der Waals surface area contributed by atoms with Crippen molar-refractivity contribution in [2.75, 3.05) is 0 Å². The van der Waals surface area contributed by atoms with Gasteiger partial charge in [-0.1, -0.05) is 15.9 Å². The first-order valence-corrected chi connectivity index (χ1v) is 6.59. The summed E-state index contributed by atoms with van der Waals surface area (Å²) in [5.41, 5.74) is 6.38. The Morgan fingerprint density at radius 3 is 2.83 bits per heavy atom. The predicted octanol–water partition coefficient (Wildman–Crippen LogP) is 2.64. The van der Waals surface area contributed by atoms with Crippen molar-refractivity contribution in [3.8, 4) is 11.4 Å². The molecule has 0 atom stereocenters. The first-order valence-electron chi connectivity index (χ1n) is 5.80. The molecule has 0 bridgehead atoms. The molecule has 4 nitrogen and oxygen atoms in total. The van der Waals surface area contributed by atoms with Gasteiger partial charge in [-0.2, -0.15) is 0 Å². The van der Waals surface area contributed by atoms with Gasteiger partial charge in [0.1, 0.15) is 11.6 Å². The Morgan fingerprint density at radius 2 is 2.17 bits per heavy atom. The van der Waals surface area contributed by atoms with E-state index in [-0.39, 0.29) is 5.82 Å². The summed E-state index contributed by atoms with van der Waals surface area (Å²) in [4.78, 5) is 0. The summed E-state index contributed by atoms with van der Waals surface area (Å²) in [5, 5.41) is 8.24. The number of rotatable bonds is 3. The number of halogens is 2. The molecule has 1 fully saturated rings. The van der Waals surface area contributed by atoms with Gasteiger partial charge in [0.05, 0.1) is 6.54 Å². The lowest BCUT2D eigenvalue weighted by Crippen LogP contribution is -2.08. The second kappa shape index (κ2) is 4.44. The van der Waals surface area contributed by atoms with E-state index in [1.54, 1.807) is 6.07 Å². The summed E-state index contributed by atoms with van der Waals surface area (Å²) in [7, 11) is 0. The number of hydrogen-bond acceptors (Lipinski definition) is 3. The Labute approximate surface area is 112 Å². The van der Waals surface area contributed by atoms with E-state index in [0.29, 0.717) is 24.0 Å². The van der Waals surface area contributed by atoms with Gasteiger partial charge in [-0.25, -0.2) is 4.39 Å². The van der Waals surface area contributed by atoms with Crippen LogP contribution in [0.5, 0.6) is 0 Å². The summed E-state index contributed by atoms with van der Waals surface area (Å²) in [5.74, 6) is 1.15. The molecule has 1 heterocycles. The molecule has 0 aliphatic heterocycles. The van der Waals surface area contributed by atoms with Crippen LogP contribution in [-0.4, -0.2) is 14.8 Å². The van der Waals surface area contributed by atoms with Crippen LogP contribution in [0.25, 0.3) is 11.4 Å². The van der Waals surface area contributed by atoms with Crippen molar-refractivity contribution in [1.29, 1.82) is 0 Å². The minimum Gasteiger partial charge on any atom is -0.324 e. The summed E-state index contributed by atoms with van der Waals surface area (Å²) < 4.78 is 16.2. The maximum absolute atomic E-state index is 13.4. The van der Waals surface area contributed by atoms with Crippen molar-refractivity contribution >= 4 is 15.9 Å². The molecule has 1 aliphatic rings. The molecule has 2 aromatic rings. The fraction of sp³-hybridized carbons (Fsp3) is 0.333. The minimum atomic E-state index is -0.284. The van der Waals surface area contributed by atoms with E-state index < -0.39 is 0 Å². The van der Waals surface area contributed by atoms with Gasteiger partial charge in [0.25, 0.3) is 0 Å². The maximum atomic E-state index is 13.4. The van der Waals surface area contributed by atoms with E-state index in [4.69, 9.17) is 5.73 Å². The summed E-state index contributed by atoms with van der Waals surface area (Å²) >= 11 is 3.42. The lowest BCUT2D eigenvalue weighted by molar-refractivity contribution is 0.627. The van der Waals surface area contributed by atoms with Gasteiger partial charge in [0, 0.05) is 16.1 Å². The number of hydrogen-bond donors (Lipinski definition) is 1. The molecule has 0 saturated heterocycles. The first kappa shape index (κ1) is 11.8. The molecule has 1 aliphatic carbocycles. The van der Waals surface area contributed by atoms with Crippen LogP contribution in [0.2, 0.25) is 0 Å². The zero-order valence-electron chi connectivity index (χ0n) is 9.61. The SMILES string of the molecule is NCc1nnc(-c2cc(F)ccc2Br)n1C1CC1. The highest BCUT2D eigenvalue weighted by molar-refractivity contribution is 9.10. The molecule has 0 radical (unpaired) electrons. The Bertz CT molecular complexity index is 592. The van der Waals surface area contributed by atoms with Crippen LogP contribution in [-0.2, 0) is 6.54 Å². The molecule has 3 rings (SSSR count). The molecule has 6 heteroatoms. The largest absolute Gasteiger partial charge is 0.324 e. The normalized spacial score (nSPS) is 15.1. The van der Waals surface area contributed by atoms with Crippen LogP contribution in [0.15, 0.2) is 22.7 Å². The van der Waals surface area contributed by atoms with Crippen LogP contribution in [0.4, 0.5) is 4.39 Å². The van der Waals surface area contributed by atoms with Gasteiger partial charge < -0.3 is 10.3 Å². The van der Waals surface area contributed by atoms with Crippen molar-refractivity contribution < 1.29 is 4.39 Å². The number of nitrogens with zero attached hydrogens (tertiary/aromatic N) is 3. The van der Waals surface area contributed by atoms with Gasteiger partial charge in [0.15, 0.2) is 5.82 Å². The van der Waals surface area contributed by atoms with E-state index in [2.05, 4.69) is 26.1 Å². The highest BCUT2D eigenvalue weighted by Gasteiger charge is 2.30. The second-order valence-electron chi connectivity index (χ2n) is 4.37. The van der Waals surface area contributed by atoms with E-state index in [1.807, 2.05) is 4.57 Å². The van der Waals surface area contributed by atoms with Crippen molar-refractivity contribution in [1.82, 2.24) is 14.8 Å². The van der Waals surface area contributed by atoms with E-state index in [1.165, 1.54) is 12.1 Å². The number of benzene rings is 1. The van der Waals surface area contributed by atoms with Gasteiger partial charge in [-0.05, 0) is 31.0 Å². The molecule has 1 saturated carbocycles. The van der Waals surface area contributed by atoms with Crippen LogP contribution in [0.1, 0.15) is 24.7 Å². The molecule has 2 N–H and O–H groups in total. The van der Waals surface area contributed by atoms with Crippen molar-refractivity contribution in [3.05, 3.63) is 34.3 Å². The molecule has 1 aromatic carbocycles. The van der Waals surface area contributed by atoms with E-state index in [0.717, 1.165) is 23.1 Å². The van der Waals surface area contributed by atoms with Crippen molar-refractivity contribution in [3.63, 3.8) is 0 Å². The highest BCUT2D eigenvalue weighted by atomic mass is 79.9. The highest BCUT2D eigenvalue weighted by Crippen LogP contribution is 2.40. The van der Waals surface area contributed by atoms with Gasteiger partial charge in [0.2, 0.25) is 0 Å². The van der Waals surface area contributed by atoms with Gasteiger partial charge in [-0.3, -0.25) is 0 Å². The third kappa shape index (κ3) is 1.95. The number of aromatic nitrogens is 3. The Balaban J connectivity index is 2.16. The molecular weight excluding hydrogens is 299 g/mol. The standard InChI is InChI=1S/C12H12BrFN4/c13-10-4-1-7(14)5-9(10)12-17-16-11(6-15)18(12)8-2-3-8/h1,4-5,8H,2-3,6,15H2. The zero-order chi connectivity index (χ0) is 12.7. The molecular formula is C12H12BrFN4. The minimum absolute atomic E-state index is 0.284.